The van der Waals surface area contributed by atoms with Gasteiger partial charge in [0.1, 0.15) is 11.9 Å². The first-order valence-corrected chi connectivity index (χ1v) is 8.95. The second-order valence-electron chi connectivity index (χ2n) is 6.62. The molecule has 0 atom stereocenters. The Hall–Kier alpha value is -3.52. The number of hydrogen-bond donors (Lipinski definition) is 1. The van der Waals surface area contributed by atoms with Crippen LogP contribution in [-0.4, -0.2) is 24.2 Å². The van der Waals surface area contributed by atoms with Crippen molar-refractivity contribution >= 4 is 22.7 Å². The highest BCUT2D eigenvalue weighted by atomic mass is 16.5. The Morgan fingerprint density at radius 1 is 1.18 bits per heavy atom. The van der Waals surface area contributed by atoms with Gasteiger partial charge in [-0.1, -0.05) is 6.08 Å². The van der Waals surface area contributed by atoms with Gasteiger partial charge in [-0.15, -0.1) is 6.58 Å². The minimum Gasteiger partial charge on any atom is -0.493 e. The van der Waals surface area contributed by atoms with Crippen LogP contribution in [0.1, 0.15) is 28.1 Å². The molecule has 142 valence electrons. The van der Waals surface area contributed by atoms with Gasteiger partial charge in [-0.2, -0.15) is 5.26 Å². The Labute approximate surface area is 164 Å². The molecule has 28 heavy (non-hydrogen) atoms. The number of methoxy groups -OCH3 is 2. The maximum absolute atomic E-state index is 9.72. The molecule has 0 radical (unpaired) electrons. The van der Waals surface area contributed by atoms with Gasteiger partial charge in [-0.3, -0.25) is 0 Å². The fraction of sp³-hybridized carbons (Fsp3) is 0.217. The first-order valence-electron chi connectivity index (χ1n) is 8.95. The second kappa shape index (κ2) is 8.01. The quantitative estimate of drug-likeness (QED) is 0.488. The Kier molecular flexibility index (Phi) is 5.51. The van der Waals surface area contributed by atoms with Crippen LogP contribution in [0.4, 0.5) is 0 Å². The molecule has 2 aromatic carbocycles. The molecule has 0 unspecified atom stereocenters. The van der Waals surface area contributed by atoms with Gasteiger partial charge in [0.15, 0.2) is 11.5 Å². The van der Waals surface area contributed by atoms with Crippen LogP contribution in [-0.2, 0) is 6.42 Å². The zero-order valence-electron chi connectivity index (χ0n) is 16.6. The third-order valence-corrected chi connectivity index (χ3v) is 4.73. The Bertz CT molecular complexity index is 1080. The predicted molar refractivity (Wildman–Crippen MR) is 112 cm³/mol. The van der Waals surface area contributed by atoms with E-state index in [4.69, 9.17) is 9.47 Å². The fourth-order valence-electron chi connectivity index (χ4n) is 3.17. The number of nitrogens with zero attached hydrogens (tertiary/aromatic N) is 2. The molecule has 1 heterocycles. The summed E-state index contributed by atoms with van der Waals surface area (Å²) in [5, 5.41) is 9.72. The number of ether oxygens (including phenoxy) is 2. The molecule has 0 saturated heterocycles. The Morgan fingerprint density at radius 2 is 1.93 bits per heavy atom. The Balaban J connectivity index is 2.11. The summed E-state index contributed by atoms with van der Waals surface area (Å²) in [5.41, 5.74) is 6.33. The number of H-pyrrole nitrogens is 1. The zero-order chi connectivity index (χ0) is 20.3. The van der Waals surface area contributed by atoms with Crippen LogP contribution >= 0.6 is 0 Å². The molecule has 1 aromatic heterocycles. The molecule has 0 fully saturated rings. The summed E-state index contributed by atoms with van der Waals surface area (Å²) in [4.78, 5) is 7.85. The molecule has 3 aromatic rings. The summed E-state index contributed by atoms with van der Waals surface area (Å²) in [5.74, 6) is 1.83. The van der Waals surface area contributed by atoms with E-state index in [1.165, 1.54) is 11.1 Å². The minimum atomic E-state index is 0.447. The molecule has 0 saturated carbocycles. The fourth-order valence-corrected chi connectivity index (χ4v) is 3.17. The van der Waals surface area contributed by atoms with Crippen molar-refractivity contribution < 1.29 is 9.47 Å². The van der Waals surface area contributed by atoms with E-state index in [1.54, 1.807) is 26.4 Å². The lowest BCUT2D eigenvalue weighted by atomic mass is 10.0. The van der Waals surface area contributed by atoms with Crippen molar-refractivity contribution in [2.75, 3.05) is 14.2 Å². The lowest BCUT2D eigenvalue weighted by molar-refractivity contribution is 0.352. The minimum absolute atomic E-state index is 0.447. The molecule has 0 spiro atoms. The third-order valence-electron chi connectivity index (χ3n) is 4.73. The standard InChI is InChI=1S/C23H23N3O2/c1-6-7-17-10-16(12-21(27-4)22(17)28-5)11-18(13-24)23-25-19-8-14(2)15(3)9-20(19)26-23/h6,8-12H,1,7H2,2-5H3,(H,25,26)/b18-11+. The summed E-state index contributed by atoms with van der Waals surface area (Å²) in [6.07, 6.45) is 4.23. The van der Waals surface area contributed by atoms with E-state index in [1.807, 2.05) is 18.2 Å². The van der Waals surface area contributed by atoms with Gasteiger partial charge >= 0.3 is 0 Å². The van der Waals surface area contributed by atoms with Gasteiger partial charge in [0.25, 0.3) is 0 Å². The number of aromatic nitrogens is 2. The van der Waals surface area contributed by atoms with Crippen molar-refractivity contribution in [1.29, 1.82) is 5.26 Å². The summed E-state index contributed by atoms with van der Waals surface area (Å²) in [6, 6.07) is 10.1. The van der Waals surface area contributed by atoms with Crippen LogP contribution in [0.5, 0.6) is 11.5 Å². The number of allylic oxidation sites excluding steroid dienone is 2. The van der Waals surface area contributed by atoms with Gasteiger partial charge in [-0.05, 0) is 67.3 Å². The molecule has 0 aliphatic carbocycles. The van der Waals surface area contributed by atoms with Gasteiger partial charge in [0.05, 0.1) is 30.8 Å². The molecule has 0 bridgehead atoms. The number of aromatic amines is 1. The molecule has 0 aliphatic heterocycles. The first-order chi connectivity index (χ1) is 13.5. The van der Waals surface area contributed by atoms with Crippen LogP contribution in [0.25, 0.3) is 22.7 Å². The highest BCUT2D eigenvalue weighted by molar-refractivity contribution is 5.91. The van der Waals surface area contributed by atoms with Crippen molar-refractivity contribution in [3.05, 3.63) is 65.0 Å². The van der Waals surface area contributed by atoms with Crippen molar-refractivity contribution in [3.8, 4) is 17.6 Å². The van der Waals surface area contributed by atoms with Crippen molar-refractivity contribution in [2.45, 2.75) is 20.3 Å². The number of hydrogen-bond acceptors (Lipinski definition) is 4. The zero-order valence-corrected chi connectivity index (χ0v) is 16.6. The largest absolute Gasteiger partial charge is 0.493 e. The average Bonchev–Trinajstić information content (AvgIpc) is 3.08. The third kappa shape index (κ3) is 3.63. The van der Waals surface area contributed by atoms with E-state index in [0.717, 1.165) is 22.2 Å². The highest BCUT2D eigenvalue weighted by Gasteiger charge is 2.13. The summed E-state index contributed by atoms with van der Waals surface area (Å²) >= 11 is 0. The maximum atomic E-state index is 9.72. The van der Waals surface area contributed by atoms with Crippen LogP contribution < -0.4 is 9.47 Å². The van der Waals surface area contributed by atoms with Crippen LogP contribution in [0, 0.1) is 25.2 Å². The topological polar surface area (TPSA) is 70.9 Å². The number of aryl methyl sites for hydroxylation is 2. The molecule has 1 N–H and O–H groups in total. The normalized spacial score (nSPS) is 11.3. The molecule has 0 amide bonds. The van der Waals surface area contributed by atoms with Crippen molar-refractivity contribution in [1.82, 2.24) is 9.97 Å². The van der Waals surface area contributed by atoms with E-state index in [0.29, 0.717) is 29.3 Å². The number of nitriles is 1. The van der Waals surface area contributed by atoms with Crippen LogP contribution in [0.3, 0.4) is 0 Å². The number of fused-ring (bicyclic) bond motifs is 1. The number of nitrogens with one attached hydrogen (secondary N) is 1. The van der Waals surface area contributed by atoms with E-state index in [9.17, 15) is 5.26 Å². The summed E-state index contributed by atoms with van der Waals surface area (Å²) in [6.45, 7) is 7.91. The lowest BCUT2D eigenvalue weighted by Gasteiger charge is -2.13. The van der Waals surface area contributed by atoms with E-state index in [-0.39, 0.29) is 0 Å². The summed E-state index contributed by atoms with van der Waals surface area (Å²) in [7, 11) is 3.21. The predicted octanol–water partition coefficient (Wildman–Crippen LogP) is 4.99. The SMILES string of the molecule is C=CCc1cc(/C=C(\C#N)c2nc3cc(C)c(C)cc3[nH]2)cc(OC)c1OC. The van der Waals surface area contributed by atoms with Gasteiger partial charge in [-0.25, -0.2) is 4.98 Å². The molecule has 3 rings (SSSR count). The second-order valence-corrected chi connectivity index (χ2v) is 6.62. The van der Waals surface area contributed by atoms with Crippen LogP contribution in [0.2, 0.25) is 0 Å². The molecule has 5 heteroatoms. The lowest BCUT2D eigenvalue weighted by Crippen LogP contribution is -1.97. The maximum Gasteiger partial charge on any atom is 0.164 e. The van der Waals surface area contributed by atoms with E-state index >= 15 is 0 Å². The smallest absolute Gasteiger partial charge is 0.164 e. The van der Waals surface area contributed by atoms with E-state index in [2.05, 4.69) is 42.5 Å². The van der Waals surface area contributed by atoms with Crippen molar-refractivity contribution in [3.63, 3.8) is 0 Å². The summed E-state index contributed by atoms with van der Waals surface area (Å²) < 4.78 is 10.9. The first kappa shape index (κ1) is 19.2. The number of rotatable bonds is 6. The van der Waals surface area contributed by atoms with Gasteiger partial charge in [0.2, 0.25) is 0 Å². The van der Waals surface area contributed by atoms with Crippen molar-refractivity contribution in [2.24, 2.45) is 0 Å². The molecular weight excluding hydrogens is 350 g/mol. The molecule has 0 aliphatic rings. The average molecular weight is 373 g/mol. The highest BCUT2D eigenvalue weighted by Crippen LogP contribution is 2.34. The molecule has 5 nitrogen and oxygen atoms in total. The number of benzene rings is 2. The van der Waals surface area contributed by atoms with Gasteiger partial charge < -0.3 is 14.5 Å². The number of imidazole rings is 1. The monoisotopic (exact) mass is 373 g/mol. The Morgan fingerprint density at radius 3 is 2.57 bits per heavy atom. The van der Waals surface area contributed by atoms with E-state index < -0.39 is 0 Å². The van der Waals surface area contributed by atoms with Crippen LogP contribution in [0.15, 0.2) is 36.9 Å². The van der Waals surface area contributed by atoms with Gasteiger partial charge in [0, 0.05) is 5.56 Å². The molecular formula is C23H23N3O2.